The highest BCUT2D eigenvalue weighted by atomic mass is 32.1. The summed E-state index contributed by atoms with van der Waals surface area (Å²) in [5, 5.41) is 80.8. The largest absolute Gasteiger partial charge is 0.481 e. The first-order valence-corrected chi connectivity index (χ1v) is 35.8. The van der Waals surface area contributed by atoms with Crippen LogP contribution >= 0.6 is 12.6 Å². The number of hydrogen-bond donors (Lipinski definition) is 26. The first-order valence-electron chi connectivity index (χ1n) is 35.2. The van der Waals surface area contributed by atoms with Gasteiger partial charge in [0.2, 0.25) is 88.6 Å². The number of guanidine groups is 2. The van der Waals surface area contributed by atoms with Crippen LogP contribution in [-0.2, 0) is 86.3 Å². The molecule has 0 saturated heterocycles. The van der Waals surface area contributed by atoms with Gasteiger partial charge in [-0.2, -0.15) is 12.6 Å². The Morgan fingerprint density at radius 1 is 0.355 bits per heavy atom. The minimum Gasteiger partial charge on any atom is -0.481 e. The van der Waals surface area contributed by atoms with E-state index in [2.05, 4.69) is 97.0 Å². The molecule has 0 saturated carbocycles. The summed E-state index contributed by atoms with van der Waals surface area (Å²) in [6.07, 6.45) is -4.17. The van der Waals surface area contributed by atoms with Crippen LogP contribution in [0.2, 0.25) is 0 Å². The Morgan fingerprint density at radius 2 is 0.664 bits per heavy atom. The fraction of sp³-hybridized carbons (Fsp3) is 0.688. The summed E-state index contributed by atoms with van der Waals surface area (Å²) in [5.74, 6) is -22.1. The van der Waals surface area contributed by atoms with Crippen molar-refractivity contribution in [2.45, 2.75) is 205 Å². The Labute approximate surface area is 639 Å². The third kappa shape index (κ3) is 41.5. The molecule has 0 heterocycles. The van der Waals surface area contributed by atoms with E-state index in [1.54, 1.807) is 41.5 Å². The van der Waals surface area contributed by atoms with Gasteiger partial charge in [-0.1, -0.05) is 55.4 Å². The topological polar surface area (TPSA) is 758 Å². The zero-order valence-corrected chi connectivity index (χ0v) is 63.7. The van der Waals surface area contributed by atoms with Gasteiger partial charge in [-0.05, 0) is 81.5 Å². The monoisotopic (exact) mass is 1590 g/mol. The lowest BCUT2D eigenvalue weighted by molar-refractivity contribution is -0.144. The van der Waals surface area contributed by atoms with Crippen molar-refractivity contribution in [3.05, 3.63) is 0 Å². The maximum atomic E-state index is 14.2. The number of aliphatic hydroxyl groups is 2. The van der Waals surface area contributed by atoms with Crippen LogP contribution in [0.4, 0.5) is 0 Å². The van der Waals surface area contributed by atoms with Crippen molar-refractivity contribution in [3.8, 4) is 0 Å². The minimum absolute atomic E-state index is 0.00343. The molecule has 0 bridgehead atoms. The number of nitrogens with two attached hydrogens (primary N) is 6. The fourth-order valence-electron chi connectivity index (χ4n) is 9.74. The van der Waals surface area contributed by atoms with Gasteiger partial charge in [-0.3, -0.25) is 91.5 Å². The molecule has 110 heavy (non-hydrogen) atoms. The Bertz CT molecular complexity index is 3230. The lowest BCUT2D eigenvalue weighted by Gasteiger charge is -2.27. The molecule has 622 valence electrons. The molecule has 0 radical (unpaired) electrons. The number of carbonyl (C=O) groups is 18. The van der Waals surface area contributed by atoms with Crippen LogP contribution < -0.4 is 109 Å². The van der Waals surface area contributed by atoms with Gasteiger partial charge in [-0.15, -0.1) is 0 Å². The summed E-state index contributed by atoms with van der Waals surface area (Å²) in [7, 11) is 0. The van der Waals surface area contributed by atoms with Gasteiger partial charge in [0, 0.05) is 38.1 Å². The average Bonchev–Trinajstić information content (AvgIpc) is 0.863. The van der Waals surface area contributed by atoms with Gasteiger partial charge < -0.3 is 134 Å². The van der Waals surface area contributed by atoms with Crippen molar-refractivity contribution < 1.29 is 112 Å². The van der Waals surface area contributed by atoms with Gasteiger partial charge in [0.15, 0.2) is 11.9 Å². The predicted octanol–water partition coefficient (Wildman–Crippen LogP) is -10.5. The van der Waals surface area contributed by atoms with E-state index in [0.717, 1.165) is 0 Å². The molecular formula is C64H112N22O23S. The van der Waals surface area contributed by atoms with Crippen molar-refractivity contribution in [1.82, 2.24) is 74.4 Å². The van der Waals surface area contributed by atoms with E-state index < -0.39 is 262 Å². The second kappa shape index (κ2) is 52.3. The first-order chi connectivity index (χ1) is 51.4. The number of carboxylic acid groups (broad SMARTS) is 3. The SMILES string of the molecule is CC(C)C[C@H](NC(=O)CNC(=O)[C@H](CO)NC(=O)CNC(=O)[C@H](CO)NC(=O)[C@H](CCCN=C(N)N)NC(=O)[C@H](CS)NC(=O)[C@@H](N)C(C)C)C(=O)N[C@H](C(=O)NCC(=O)N[C@@H](CCCN=C(N)N)C(=O)N[C@@H](CCC(N)=O)C(=O)N[C@@H](CC(C)C)C(=O)N[C@@H](CCC(=O)O)C(=O)N[C@@H](CCC(=O)O)C(=O)O)C(C)C. The van der Waals surface area contributed by atoms with Crippen LogP contribution in [0.1, 0.15) is 132 Å². The van der Waals surface area contributed by atoms with Crippen LogP contribution in [0.5, 0.6) is 0 Å². The summed E-state index contributed by atoms with van der Waals surface area (Å²) >= 11 is 4.13. The van der Waals surface area contributed by atoms with E-state index in [1.807, 2.05) is 0 Å². The molecule has 0 unspecified atom stereocenters. The minimum atomic E-state index is -1.78. The lowest BCUT2D eigenvalue weighted by atomic mass is 10.00. The van der Waals surface area contributed by atoms with Crippen molar-refractivity contribution >= 4 is 131 Å². The molecule has 0 aliphatic rings. The highest BCUT2D eigenvalue weighted by Gasteiger charge is 2.37. The van der Waals surface area contributed by atoms with Gasteiger partial charge in [-0.25, -0.2) is 4.79 Å². The second-order valence-corrected chi connectivity index (χ2v) is 27.2. The fourth-order valence-corrected chi connectivity index (χ4v) is 10.00. The van der Waals surface area contributed by atoms with Gasteiger partial charge in [0.1, 0.15) is 66.5 Å². The number of aliphatic carboxylic acids is 3. The number of thiol groups is 1. The van der Waals surface area contributed by atoms with Crippen molar-refractivity contribution in [1.29, 1.82) is 0 Å². The van der Waals surface area contributed by atoms with E-state index in [4.69, 9.17) is 39.5 Å². The van der Waals surface area contributed by atoms with Gasteiger partial charge >= 0.3 is 17.9 Å². The number of nitrogens with one attached hydrogen (secondary N) is 14. The van der Waals surface area contributed by atoms with Crippen LogP contribution in [0.25, 0.3) is 0 Å². The number of aliphatic imine (C=N–C) groups is 2. The summed E-state index contributed by atoms with van der Waals surface area (Å²) in [5.41, 5.74) is 33.0. The molecule has 0 fully saturated rings. The molecule has 31 N–H and O–H groups in total. The maximum absolute atomic E-state index is 14.2. The van der Waals surface area contributed by atoms with Crippen LogP contribution in [0.15, 0.2) is 9.98 Å². The molecule has 0 spiro atoms. The molecule has 0 aliphatic carbocycles. The number of hydrogen-bond acceptors (Lipinski definition) is 24. The molecule has 0 aromatic rings. The Kier molecular flexibility index (Phi) is 47.2. The molecular weight excluding hydrogens is 1480 g/mol. The number of carbonyl (C=O) groups excluding carboxylic acids is 15. The molecule has 46 heteroatoms. The smallest absolute Gasteiger partial charge is 0.326 e. The number of amides is 15. The van der Waals surface area contributed by atoms with Crippen LogP contribution in [0.3, 0.4) is 0 Å². The zero-order valence-electron chi connectivity index (χ0n) is 62.8. The number of primary amides is 1. The molecule has 0 aliphatic heterocycles. The number of aliphatic hydroxyl groups excluding tert-OH is 2. The van der Waals surface area contributed by atoms with Gasteiger partial charge in [0.25, 0.3) is 0 Å². The Morgan fingerprint density at radius 3 is 1.04 bits per heavy atom. The number of nitrogens with zero attached hydrogens (tertiary/aromatic N) is 2. The number of carboxylic acids is 3. The standard InChI is InChI=1S/C64H112N22O23S/c1-29(2)21-38(77-45(91)23-73-51(97)40(26-87)78-46(92)24-74-52(98)41(27-88)84-54(100)34(12-10-20-72-64(69)70)79-59(105)42(28-110)85-60(106)49(66)31(5)6)58(104)86-50(32(7)8)61(107)75-25-44(90)76-33(11-9-19-71-63(67)68)53(99)80-35(13-16-43(65)89)56(102)83-39(22-30(3)4)57(103)81-36(14-17-47(93)94)55(101)82-37(62(108)109)15-18-48(95)96/h29-42,49-50,87-88,110H,9-28,66H2,1-8H3,(H2,65,89)(H,73,97)(H,74,98)(H,75,107)(H,76,90)(H,77,91)(H,78,92)(H,79,105)(H,80,99)(H,81,103)(H,82,101)(H,83,102)(H,84,100)(H,85,106)(H,86,104)(H,93,94)(H,95,96)(H,108,109)(H4,67,68,71)(H4,69,70,72)/t33-,34-,35-,36-,37-,38-,39-,40-,41-,42-,49-,50-/m0/s1. The first kappa shape index (κ1) is 99.2. The summed E-state index contributed by atoms with van der Waals surface area (Å²) in [6, 6.07) is -18.3. The normalized spacial score (nSPS) is 14.3. The molecule has 12 atom stereocenters. The Balaban J connectivity index is 6.33. The average molecular weight is 1590 g/mol. The third-order valence-corrected chi connectivity index (χ3v) is 16.1. The number of rotatable bonds is 55. The van der Waals surface area contributed by atoms with E-state index in [1.165, 1.54) is 13.8 Å². The van der Waals surface area contributed by atoms with Crippen molar-refractivity contribution in [2.75, 3.05) is 51.7 Å². The molecule has 45 nitrogen and oxygen atoms in total. The van der Waals surface area contributed by atoms with E-state index in [0.29, 0.717) is 0 Å². The molecule has 0 aromatic carbocycles. The molecule has 0 rings (SSSR count). The van der Waals surface area contributed by atoms with Crippen LogP contribution in [0, 0.1) is 23.7 Å². The second-order valence-electron chi connectivity index (χ2n) is 26.9. The summed E-state index contributed by atoms with van der Waals surface area (Å²) in [6.45, 7) is 8.25. The quantitative estimate of drug-likeness (QED) is 0.0116. The molecule has 15 amide bonds. The third-order valence-electron chi connectivity index (χ3n) is 15.7. The van der Waals surface area contributed by atoms with Crippen LogP contribution in [-0.4, -0.2) is 268 Å². The van der Waals surface area contributed by atoms with E-state index >= 15 is 0 Å². The highest BCUT2D eigenvalue weighted by Crippen LogP contribution is 2.13. The highest BCUT2D eigenvalue weighted by molar-refractivity contribution is 7.80. The van der Waals surface area contributed by atoms with Crippen molar-refractivity contribution in [3.63, 3.8) is 0 Å². The van der Waals surface area contributed by atoms with Gasteiger partial charge in [0.05, 0.1) is 38.9 Å². The summed E-state index contributed by atoms with van der Waals surface area (Å²) in [4.78, 5) is 243. The predicted molar refractivity (Wildman–Crippen MR) is 394 cm³/mol. The molecule has 0 aromatic heterocycles. The Hall–Kier alpha value is -10.8. The van der Waals surface area contributed by atoms with E-state index in [9.17, 15) is 107 Å². The van der Waals surface area contributed by atoms with E-state index in [-0.39, 0.29) is 81.1 Å². The van der Waals surface area contributed by atoms with Crippen molar-refractivity contribution in [2.24, 2.45) is 68.1 Å². The summed E-state index contributed by atoms with van der Waals surface area (Å²) < 4.78 is 0. The zero-order chi connectivity index (χ0) is 84.2. The maximum Gasteiger partial charge on any atom is 0.326 e. The lowest BCUT2D eigenvalue weighted by Crippen LogP contribution is -2.59.